The van der Waals surface area contributed by atoms with Crippen LogP contribution in [0.3, 0.4) is 0 Å². The molecule has 6 nitrogen and oxygen atoms in total. The first kappa shape index (κ1) is 63.5. The number of carbonyl (C=O) groups is 3. The van der Waals surface area contributed by atoms with Crippen LogP contribution in [-0.2, 0) is 28.6 Å². The fourth-order valence-corrected chi connectivity index (χ4v) is 7.06. The second-order valence-corrected chi connectivity index (χ2v) is 17.6. The van der Waals surface area contributed by atoms with E-state index in [2.05, 4.69) is 81.5 Å². The largest absolute Gasteiger partial charge is 0.462 e. The number of hydrogen-bond donors (Lipinski definition) is 0. The van der Waals surface area contributed by atoms with Crippen LogP contribution < -0.4 is 0 Å². The molecule has 0 radical (unpaired) electrons. The lowest BCUT2D eigenvalue weighted by Gasteiger charge is -2.18. The second-order valence-electron chi connectivity index (χ2n) is 17.6. The fraction of sp³-hybridized carbons (Fsp3) is 0.597. The number of allylic oxidation sites excluding steroid dienone is 22. The highest BCUT2D eigenvalue weighted by Gasteiger charge is 2.19. The average molecular weight is 939 g/mol. The van der Waals surface area contributed by atoms with Crippen LogP contribution in [0.15, 0.2) is 134 Å². The van der Waals surface area contributed by atoms with Crippen molar-refractivity contribution in [1.29, 1.82) is 0 Å². The van der Waals surface area contributed by atoms with E-state index in [9.17, 15) is 14.4 Å². The van der Waals surface area contributed by atoms with Gasteiger partial charge < -0.3 is 14.2 Å². The van der Waals surface area contributed by atoms with E-state index in [-0.39, 0.29) is 31.1 Å². The van der Waals surface area contributed by atoms with Gasteiger partial charge in [0.2, 0.25) is 0 Å². The van der Waals surface area contributed by atoms with Crippen molar-refractivity contribution in [3.63, 3.8) is 0 Å². The molecule has 1 unspecified atom stereocenters. The van der Waals surface area contributed by atoms with Gasteiger partial charge in [-0.2, -0.15) is 0 Å². The predicted molar refractivity (Wildman–Crippen MR) is 292 cm³/mol. The molecule has 0 aliphatic heterocycles. The second kappa shape index (κ2) is 55.1. The van der Waals surface area contributed by atoms with Gasteiger partial charge in [0.25, 0.3) is 0 Å². The maximum Gasteiger partial charge on any atom is 0.306 e. The molecular weight excluding hydrogens is 841 g/mol. The van der Waals surface area contributed by atoms with Gasteiger partial charge in [-0.25, -0.2) is 0 Å². The van der Waals surface area contributed by atoms with Gasteiger partial charge in [0.05, 0.1) is 0 Å². The Bertz CT molecular complexity index is 1500. The molecule has 382 valence electrons. The molecule has 0 aliphatic carbocycles. The van der Waals surface area contributed by atoms with Gasteiger partial charge in [0.15, 0.2) is 6.10 Å². The summed E-state index contributed by atoms with van der Waals surface area (Å²) in [6, 6.07) is 0. The number of ether oxygens (including phenoxy) is 3. The normalized spacial score (nSPS) is 13.2. The zero-order valence-corrected chi connectivity index (χ0v) is 43.6. The third-order valence-corrected chi connectivity index (χ3v) is 11.1. The van der Waals surface area contributed by atoms with E-state index in [0.717, 1.165) is 109 Å². The monoisotopic (exact) mass is 939 g/mol. The van der Waals surface area contributed by atoms with Gasteiger partial charge in [0.1, 0.15) is 13.2 Å². The standard InChI is InChI=1S/C62H98O6/c1-4-7-10-13-16-19-22-25-27-29-31-33-35-37-40-43-46-49-52-55-61(64)67-58-59(57-66-60(63)54-51-48-45-42-39-24-21-18-15-12-9-6-3)68-62(65)56-53-50-47-44-41-38-36-34-32-30-28-26-23-20-17-14-11-8-5-2/h7-8,10-11,13,16-17,19-20,22,25-29,31-35,37,40,59H,4-6,9,12,14-15,18,21,23-24,30,36,38-39,41-58H2,1-3H3/b10-7-,11-8-,16-13-,20-17-,22-19-,27-25-,28-26-,31-29+,34-32-,35-33-,40-37-. The average Bonchev–Trinajstić information content (AvgIpc) is 3.34. The predicted octanol–water partition coefficient (Wildman–Crippen LogP) is 18.3. The quantitative estimate of drug-likeness (QED) is 0.0199. The van der Waals surface area contributed by atoms with Crippen LogP contribution in [-0.4, -0.2) is 37.2 Å². The molecule has 0 bridgehead atoms. The van der Waals surface area contributed by atoms with Gasteiger partial charge in [-0.1, -0.05) is 257 Å². The summed E-state index contributed by atoms with van der Waals surface area (Å²) in [5.74, 6) is -0.968. The Hall–Kier alpha value is -4.45. The number of hydrogen-bond acceptors (Lipinski definition) is 6. The minimum atomic E-state index is -0.808. The Labute approximate surface area is 417 Å². The van der Waals surface area contributed by atoms with Crippen LogP contribution in [0.2, 0.25) is 0 Å². The Morgan fingerprint density at radius 1 is 0.324 bits per heavy atom. The van der Waals surface area contributed by atoms with Gasteiger partial charge in [-0.05, 0) is 77.0 Å². The number of esters is 3. The van der Waals surface area contributed by atoms with E-state index in [4.69, 9.17) is 14.2 Å². The molecule has 0 N–H and O–H groups in total. The first-order valence-corrected chi connectivity index (χ1v) is 27.3. The topological polar surface area (TPSA) is 78.9 Å². The van der Waals surface area contributed by atoms with Crippen LogP contribution in [0.25, 0.3) is 0 Å². The molecule has 0 amide bonds. The Morgan fingerprint density at radius 2 is 0.647 bits per heavy atom. The maximum atomic E-state index is 12.8. The fourth-order valence-electron chi connectivity index (χ4n) is 7.06. The summed E-state index contributed by atoms with van der Waals surface area (Å²) in [7, 11) is 0. The first-order chi connectivity index (χ1) is 33.5. The molecule has 0 aromatic rings. The highest BCUT2D eigenvalue weighted by Crippen LogP contribution is 2.14. The molecule has 0 heterocycles. The van der Waals surface area contributed by atoms with Gasteiger partial charge >= 0.3 is 17.9 Å². The van der Waals surface area contributed by atoms with Gasteiger partial charge in [0, 0.05) is 19.3 Å². The van der Waals surface area contributed by atoms with Crippen molar-refractivity contribution in [2.24, 2.45) is 0 Å². The SMILES string of the molecule is CC\C=C/C=C\C=C/C=C\C=C\C=C/C=C\CCCCCC(=O)OCC(COC(=O)CCCCCCCCCCCCCC)OC(=O)CCCCCCCC/C=C\C/C=C\C/C=C\C/C=C\CC. The van der Waals surface area contributed by atoms with Crippen LogP contribution in [0.1, 0.15) is 220 Å². The van der Waals surface area contributed by atoms with Crippen molar-refractivity contribution in [3.05, 3.63) is 134 Å². The van der Waals surface area contributed by atoms with E-state index in [1.165, 1.54) is 70.6 Å². The summed E-state index contributed by atoms with van der Waals surface area (Å²) in [6.07, 6.45) is 77.1. The summed E-state index contributed by atoms with van der Waals surface area (Å²) in [5.41, 5.74) is 0. The zero-order valence-electron chi connectivity index (χ0n) is 43.6. The molecule has 0 aromatic heterocycles. The molecule has 68 heavy (non-hydrogen) atoms. The lowest BCUT2D eigenvalue weighted by Crippen LogP contribution is -2.30. The summed E-state index contributed by atoms with van der Waals surface area (Å²) in [6.45, 7) is 6.31. The van der Waals surface area contributed by atoms with Crippen molar-refractivity contribution >= 4 is 17.9 Å². The zero-order chi connectivity index (χ0) is 49.3. The summed E-state index contributed by atoms with van der Waals surface area (Å²) >= 11 is 0. The highest BCUT2D eigenvalue weighted by atomic mass is 16.6. The molecule has 6 heteroatoms. The Balaban J connectivity index is 4.52. The third kappa shape index (κ3) is 52.5. The van der Waals surface area contributed by atoms with Crippen molar-refractivity contribution in [1.82, 2.24) is 0 Å². The van der Waals surface area contributed by atoms with E-state index < -0.39 is 6.10 Å². The molecule has 0 spiro atoms. The molecular formula is C62H98O6. The van der Waals surface area contributed by atoms with Crippen molar-refractivity contribution in [2.75, 3.05) is 13.2 Å². The molecule has 0 aliphatic rings. The Morgan fingerprint density at radius 3 is 1.09 bits per heavy atom. The van der Waals surface area contributed by atoms with Crippen LogP contribution in [0.5, 0.6) is 0 Å². The minimum absolute atomic E-state index is 0.102. The number of carbonyl (C=O) groups excluding carboxylic acids is 3. The maximum absolute atomic E-state index is 12.8. The van der Waals surface area contributed by atoms with Crippen LogP contribution in [0.4, 0.5) is 0 Å². The van der Waals surface area contributed by atoms with Crippen molar-refractivity contribution in [3.8, 4) is 0 Å². The smallest absolute Gasteiger partial charge is 0.306 e. The van der Waals surface area contributed by atoms with Crippen molar-refractivity contribution in [2.45, 2.75) is 226 Å². The molecule has 0 saturated heterocycles. The molecule has 0 fully saturated rings. The van der Waals surface area contributed by atoms with Crippen molar-refractivity contribution < 1.29 is 28.6 Å². The third-order valence-electron chi connectivity index (χ3n) is 11.1. The molecule has 0 aromatic carbocycles. The Kier molecular flexibility index (Phi) is 51.5. The first-order valence-electron chi connectivity index (χ1n) is 27.3. The van der Waals surface area contributed by atoms with Crippen LogP contribution in [0, 0.1) is 0 Å². The summed E-state index contributed by atoms with van der Waals surface area (Å²) in [4.78, 5) is 38.1. The van der Waals surface area contributed by atoms with E-state index >= 15 is 0 Å². The van der Waals surface area contributed by atoms with Gasteiger partial charge in [-0.15, -0.1) is 0 Å². The number of unbranched alkanes of at least 4 members (excludes halogenated alkanes) is 20. The minimum Gasteiger partial charge on any atom is -0.462 e. The van der Waals surface area contributed by atoms with E-state index in [1.54, 1.807) is 0 Å². The molecule has 1 atom stereocenters. The highest BCUT2D eigenvalue weighted by molar-refractivity contribution is 5.71. The van der Waals surface area contributed by atoms with Crippen LogP contribution >= 0.6 is 0 Å². The van der Waals surface area contributed by atoms with E-state index in [1.807, 2.05) is 72.9 Å². The molecule has 0 saturated carbocycles. The molecule has 0 rings (SSSR count). The summed E-state index contributed by atoms with van der Waals surface area (Å²) in [5, 5.41) is 0. The lowest BCUT2D eigenvalue weighted by molar-refractivity contribution is -0.167. The summed E-state index contributed by atoms with van der Waals surface area (Å²) < 4.78 is 16.8. The van der Waals surface area contributed by atoms with Gasteiger partial charge in [-0.3, -0.25) is 14.4 Å². The number of rotatable bonds is 47. The van der Waals surface area contributed by atoms with E-state index in [0.29, 0.717) is 19.3 Å². The lowest BCUT2D eigenvalue weighted by atomic mass is 10.0.